The number of rotatable bonds is 4. The van der Waals surface area contributed by atoms with Crippen LogP contribution in [0.2, 0.25) is 0 Å². The average molecular weight is 328 g/mol. The number of phenols is 3. The van der Waals surface area contributed by atoms with E-state index in [2.05, 4.69) is 9.80 Å². The Morgan fingerprint density at radius 3 is 1.71 bits per heavy atom. The van der Waals surface area contributed by atoms with Crippen LogP contribution in [0.1, 0.15) is 16.7 Å². The lowest BCUT2D eigenvalue weighted by Crippen LogP contribution is -2.45. The van der Waals surface area contributed by atoms with Gasteiger partial charge in [-0.05, 0) is 41.8 Å². The normalized spacial score (nSPS) is 16.4. The molecule has 0 amide bonds. The minimum Gasteiger partial charge on any atom is -0.508 e. The molecule has 1 heterocycles. The Balaban J connectivity index is 1.51. The van der Waals surface area contributed by atoms with Gasteiger partial charge in [0.15, 0.2) is 11.5 Å². The topological polar surface area (TPSA) is 67.2 Å². The summed E-state index contributed by atoms with van der Waals surface area (Å²) in [5, 5.41) is 28.6. The SMILES string of the molecule is Cc1cc(CN2CCN(Cc3ccc(O)c(O)c3)CC2)ccc1O. The number of benzene rings is 2. The summed E-state index contributed by atoms with van der Waals surface area (Å²) < 4.78 is 0. The van der Waals surface area contributed by atoms with Gasteiger partial charge in [0, 0.05) is 39.3 Å². The molecule has 3 N–H and O–H groups in total. The molecule has 3 rings (SSSR count). The Hall–Kier alpha value is -2.24. The van der Waals surface area contributed by atoms with Gasteiger partial charge in [-0.15, -0.1) is 0 Å². The Morgan fingerprint density at radius 2 is 1.21 bits per heavy atom. The second kappa shape index (κ2) is 7.11. The molecule has 2 aromatic carbocycles. The molecule has 2 aromatic rings. The van der Waals surface area contributed by atoms with Crippen molar-refractivity contribution in [2.45, 2.75) is 20.0 Å². The van der Waals surface area contributed by atoms with E-state index in [1.807, 2.05) is 25.1 Å². The maximum absolute atomic E-state index is 9.61. The molecule has 0 saturated carbocycles. The number of hydrogen-bond acceptors (Lipinski definition) is 5. The van der Waals surface area contributed by atoms with Crippen molar-refractivity contribution in [2.24, 2.45) is 0 Å². The van der Waals surface area contributed by atoms with Crippen LogP contribution in [0, 0.1) is 6.92 Å². The van der Waals surface area contributed by atoms with Crippen molar-refractivity contribution in [3.63, 3.8) is 0 Å². The fourth-order valence-electron chi connectivity index (χ4n) is 3.11. The van der Waals surface area contributed by atoms with E-state index < -0.39 is 0 Å². The van der Waals surface area contributed by atoms with Gasteiger partial charge in [-0.25, -0.2) is 0 Å². The minimum absolute atomic E-state index is 0.0613. The van der Waals surface area contributed by atoms with E-state index >= 15 is 0 Å². The van der Waals surface area contributed by atoms with Crippen molar-refractivity contribution >= 4 is 0 Å². The molecule has 0 radical (unpaired) electrons. The van der Waals surface area contributed by atoms with E-state index in [4.69, 9.17) is 0 Å². The van der Waals surface area contributed by atoms with Crippen LogP contribution in [0.4, 0.5) is 0 Å². The zero-order valence-corrected chi connectivity index (χ0v) is 13.9. The molecule has 1 saturated heterocycles. The first-order valence-electron chi connectivity index (χ1n) is 8.25. The molecule has 24 heavy (non-hydrogen) atoms. The van der Waals surface area contributed by atoms with E-state index in [1.165, 1.54) is 11.6 Å². The quantitative estimate of drug-likeness (QED) is 0.752. The molecule has 0 aliphatic carbocycles. The lowest BCUT2D eigenvalue weighted by molar-refractivity contribution is 0.122. The van der Waals surface area contributed by atoms with Crippen LogP contribution in [0.15, 0.2) is 36.4 Å². The van der Waals surface area contributed by atoms with Gasteiger partial charge >= 0.3 is 0 Å². The summed E-state index contributed by atoms with van der Waals surface area (Å²) in [7, 11) is 0. The molecule has 0 unspecified atom stereocenters. The summed E-state index contributed by atoms with van der Waals surface area (Å²) in [5.41, 5.74) is 3.15. The highest BCUT2D eigenvalue weighted by atomic mass is 16.3. The first kappa shape index (κ1) is 16.6. The monoisotopic (exact) mass is 328 g/mol. The zero-order valence-electron chi connectivity index (χ0n) is 13.9. The van der Waals surface area contributed by atoms with Crippen molar-refractivity contribution < 1.29 is 15.3 Å². The lowest BCUT2D eigenvalue weighted by atomic mass is 10.1. The summed E-state index contributed by atoms with van der Waals surface area (Å²) in [5.74, 6) is 0.210. The van der Waals surface area contributed by atoms with Gasteiger partial charge in [0.25, 0.3) is 0 Å². The van der Waals surface area contributed by atoms with Crippen molar-refractivity contribution in [1.29, 1.82) is 0 Å². The van der Waals surface area contributed by atoms with Crippen LogP contribution < -0.4 is 0 Å². The molecular formula is C19H24N2O3. The predicted octanol–water partition coefficient (Wildman–Crippen LogP) is 2.43. The third kappa shape index (κ3) is 3.99. The lowest BCUT2D eigenvalue weighted by Gasteiger charge is -2.34. The fraction of sp³-hybridized carbons (Fsp3) is 0.368. The van der Waals surface area contributed by atoms with Crippen molar-refractivity contribution in [2.75, 3.05) is 26.2 Å². The molecular weight excluding hydrogens is 304 g/mol. The maximum Gasteiger partial charge on any atom is 0.157 e. The van der Waals surface area contributed by atoms with Gasteiger partial charge in [-0.2, -0.15) is 0 Å². The highest BCUT2D eigenvalue weighted by Crippen LogP contribution is 2.25. The Kier molecular flexibility index (Phi) is 4.92. The minimum atomic E-state index is -0.0761. The smallest absolute Gasteiger partial charge is 0.157 e. The second-order valence-corrected chi connectivity index (χ2v) is 6.50. The van der Waals surface area contributed by atoms with Crippen LogP contribution in [-0.4, -0.2) is 51.3 Å². The van der Waals surface area contributed by atoms with Crippen LogP contribution in [0.25, 0.3) is 0 Å². The first-order chi connectivity index (χ1) is 11.5. The van der Waals surface area contributed by atoms with Gasteiger partial charge in [-0.1, -0.05) is 18.2 Å². The van der Waals surface area contributed by atoms with Crippen molar-refractivity contribution in [3.05, 3.63) is 53.1 Å². The van der Waals surface area contributed by atoms with Crippen LogP contribution in [0.3, 0.4) is 0 Å². The Bertz CT molecular complexity index is 648. The highest BCUT2D eigenvalue weighted by Gasteiger charge is 2.17. The first-order valence-corrected chi connectivity index (χ1v) is 8.25. The molecule has 0 atom stereocenters. The van der Waals surface area contributed by atoms with Crippen molar-refractivity contribution in [1.82, 2.24) is 9.80 Å². The van der Waals surface area contributed by atoms with Gasteiger partial charge in [0.05, 0.1) is 0 Å². The maximum atomic E-state index is 9.61. The summed E-state index contributed by atoms with van der Waals surface area (Å²) in [4.78, 5) is 4.76. The molecule has 5 nitrogen and oxygen atoms in total. The molecule has 0 bridgehead atoms. The number of aryl methyl sites for hydroxylation is 1. The number of phenolic OH excluding ortho intramolecular Hbond substituents is 3. The molecule has 1 aliphatic rings. The van der Waals surface area contributed by atoms with E-state index in [-0.39, 0.29) is 11.5 Å². The third-order valence-corrected chi connectivity index (χ3v) is 4.58. The predicted molar refractivity (Wildman–Crippen MR) is 93.2 cm³/mol. The van der Waals surface area contributed by atoms with E-state index in [1.54, 1.807) is 12.1 Å². The summed E-state index contributed by atoms with van der Waals surface area (Å²) >= 11 is 0. The average Bonchev–Trinajstić information content (AvgIpc) is 2.56. The largest absolute Gasteiger partial charge is 0.508 e. The fourth-order valence-corrected chi connectivity index (χ4v) is 3.11. The van der Waals surface area contributed by atoms with Crippen molar-refractivity contribution in [3.8, 4) is 17.2 Å². The van der Waals surface area contributed by atoms with Gasteiger partial charge in [0.1, 0.15) is 5.75 Å². The van der Waals surface area contributed by atoms with E-state index in [0.29, 0.717) is 5.75 Å². The number of aromatic hydroxyl groups is 3. The summed E-state index contributed by atoms with van der Waals surface area (Å²) in [6, 6.07) is 10.8. The number of nitrogens with zero attached hydrogens (tertiary/aromatic N) is 2. The molecule has 5 heteroatoms. The van der Waals surface area contributed by atoms with E-state index in [9.17, 15) is 15.3 Å². The van der Waals surface area contributed by atoms with Gasteiger partial charge in [0.2, 0.25) is 0 Å². The van der Waals surface area contributed by atoms with Gasteiger partial charge in [-0.3, -0.25) is 9.80 Å². The third-order valence-electron chi connectivity index (χ3n) is 4.58. The molecule has 1 fully saturated rings. The Morgan fingerprint density at radius 1 is 0.708 bits per heavy atom. The molecule has 0 spiro atoms. The highest BCUT2D eigenvalue weighted by molar-refractivity contribution is 5.40. The number of hydrogen-bond donors (Lipinski definition) is 3. The van der Waals surface area contributed by atoms with E-state index in [0.717, 1.165) is 50.4 Å². The molecule has 128 valence electrons. The van der Waals surface area contributed by atoms with Gasteiger partial charge < -0.3 is 15.3 Å². The summed E-state index contributed by atoms with van der Waals surface area (Å²) in [6.45, 7) is 7.52. The Labute approximate surface area is 142 Å². The summed E-state index contributed by atoms with van der Waals surface area (Å²) in [6.07, 6.45) is 0. The number of piperazine rings is 1. The van der Waals surface area contributed by atoms with Crippen LogP contribution in [-0.2, 0) is 13.1 Å². The second-order valence-electron chi connectivity index (χ2n) is 6.50. The van der Waals surface area contributed by atoms with Crippen LogP contribution >= 0.6 is 0 Å². The standard InChI is InChI=1S/C19H24N2O3/c1-14-10-15(2-4-17(14)22)12-20-6-8-21(9-7-20)13-16-3-5-18(23)19(24)11-16/h2-5,10-11,22-24H,6-9,12-13H2,1H3. The van der Waals surface area contributed by atoms with Crippen LogP contribution in [0.5, 0.6) is 17.2 Å². The zero-order chi connectivity index (χ0) is 17.1. The molecule has 0 aromatic heterocycles. The molecule has 1 aliphatic heterocycles.